The van der Waals surface area contributed by atoms with Gasteiger partial charge in [-0.2, -0.15) is 0 Å². The number of thioether (sulfide) groups is 1. The molecule has 2 heterocycles. The summed E-state index contributed by atoms with van der Waals surface area (Å²) < 4.78 is 0.625. The minimum absolute atomic E-state index is 0.0642. The Morgan fingerprint density at radius 3 is 2.68 bits per heavy atom. The number of amides is 1. The van der Waals surface area contributed by atoms with Gasteiger partial charge in [0.25, 0.3) is 11.6 Å². The Bertz CT molecular complexity index is 1240. The molecule has 0 spiro atoms. The molecule has 0 atom stereocenters. The van der Waals surface area contributed by atoms with Crippen LogP contribution in [0.1, 0.15) is 10.6 Å². The van der Waals surface area contributed by atoms with E-state index in [4.69, 9.17) is 11.6 Å². The van der Waals surface area contributed by atoms with E-state index in [-0.39, 0.29) is 11.6 Å². The smallest absolute Gasteiger partial charge is 0.283 e. The van der Waals surface area contributed by atoms with Crippen molar-refractivity contribution in [3.05, 3.63) is 73.1 Å². The maximum absolute atomic E-state index is 12.3. The van der Waals surface area contributed by atoms with Gasteiger partial charge in [-0.25, -0.2) is 4.99 Å². The second kappa shape index (κ2) is 9.18. The fourth-order valence-corrected chi connectivity index (χ4v) is 5.36. The van der Waals surface area contributed by atoms with E-state index >= 15 is 0 Å². The van der Waals surface area contributed by atoms with Crippen LogP contribution in [0, 0.1) is 17.0 Å². The van der Waals surface area contributed by atoms with Gasteiger partial charge in [0.15, 0.2) is 9.51 Å². The van der Waals surface area contributed by atoms with Crippen LogP contribution in [-0.2, 0) is 4.79 Å². The first kappa shape index (κ1) is 21.5. The largest absolute Gasteiger partial charge is 0.300 e. The highest BCUT2D eigenvalue weighted by Crippen LogP contribution is 2.37. The van der Waals surface area contributed by atoms with Gasteiger partial charge in [-0.05, 0) is 60.7 Å². The molecular formula is C19H12ClN5O3S3. The Morgan fingerprint density at radius 2 is 2.00 bits per heavy atom. The molecule has 12 heteroatoms. The molecule has 8 nitrogen and oxygen atoms in total. The van der Waals surface area contributed by atoms with Gasteiger partial charge < -0.3 is 5.32 Å². The Kier molecular flexibility index (Phi) is 6.37. The van der Waals surface area contributed by atoms with E-state index in [0.717, 1.165) is 16.8 Å². The van der Waals surface area contributed by atoms with Crippen LogP contribution in [0.4, 0.5) is 11.4 Å². The second-order valence-corrected chi connectivity index (χ2v) is 10.1. The third kappa shape index (κ3) is 5.31. The first-order valence-corrected chi connectivity index (χ1v) is 11.5. The van der Waals surface area contributed by atoms with Crippen molar-refractivity contribution in [2.24, 2.45) is 4.99 Å². The van der Waals surface area contributed by atoms with Crippen molar-refractivity contribution in [1.29, 1.82) is 0 Å². The third-order valence-corrected chi connectivity index (χ3v) is 7.01. The summed E-state index contributed by atoms with van der Waals surface area (Å²) in [7, 11) is 0. The van der Waals surface area contributed by atoms with Crippen LogP contribution >= 0.6 is 46.5 Å². The fourth-order valence-electron chi connectivity index (χ4n) is 2.53. The number of aromatic nitrogens is 2. The van der Waals surface area contributed by atoms with Gasteiger partial charge in [-0.3, -0.25) is 14.9 Å². The molecule has 1 saturated heterocycles. The number of amidine groups is 1. The molecule has 3 aromatic rings. The molecule has 2 aromatic carbocycles. The van der Waals surface area contributed by atoms with Crippen molar-refractivity contribution in [2.75, 3.05) is 0 Å². The topological polar surface area (TPSA) is 110 Å². The van der Waals surface area contributed by atoms with Crippen LogP contribution in [0.5, 0.6) is 0 Å². The number of aryl methyl sites for hydroxylation is 1. The van der Waals surface area contributed by atoms with E-state index < -0.39 is 4.92 Å². The zero-order valence-electron chi connectivity index (χ0n) is 15.7. The number of carbonyl (C=O) groups excluding carboxylic acids is 1. The number of nitro groups is 1. The Balaban J connectivity index is 1.57. The number of hydrogen-bond donors (Lipinski definition) is 1. The molecule has 1 aliphatic rings. The standard InChI is InChI=1S/C19H12ClN5O3S3/c1-10-23-24-19(29-10)31-15-7-2-11(8-14(15)25(27)28)9-16-17(26)22-18(30-16)21-13-5-3-12(20)4-6-13/h2-9H,1H3,(H,21,22,26)/b16-9-. The van der Waals surface area contributed by atoms with Crippen LogP contribution in [-0.4, -0.2) is 26.2 Å². The number of carbonyl (C=O) groups is 1. The molecule has 1 aliphatic heterocycles. The predicted molar refractivity (Wildman–Crippen MR) is 124 cm³/mol. The first-order chi connectivity index (χ1) is 14.9. The average molecular weight is 490 g/mol. The fraction of sp³-hybridized carbons (Fsp3) is 0.0526. The van der Waals surface area contributed by atoms with E-state index in [9.17, 15) is 14.9 Å². The molecule has 1 N–H and O–H groups in total. The van der Waals surface area contributed by atoms with Crippen molar-refractivity contribution in [3.8, 4) is 0 Å². The summed E-state index contributed by atoms with van der Waals surface area (Å²) >= 11 is 9.58. The molecule has 1 aromatic heterocycles. The van der Waals surface area contributed by atoms with Crippen molar-refractivity contribution < 1.29 is 9.72 Å². The van der Waals surface area contributed by atoms with Gasteiger partial charge in [0, 0.05) is 11.1 Å². The van der Waals surface area contributed by atoms with Gasteiger partial charge in [-0.15, -0.1) is 10.2 Å². The normalized spacial score (nSPS) is 16.1. The number of hydrogen-bond acceptors (Lipinski definition) is 9. The highest BCUT2D eigenvalue weighted by Gasteiger charge is 2.24. The van der Waals surface area contributed by atoms with Crippen molar-refractivity contribution in [2.45, 2.75) is 16.2 Å². The summed E-state index contributed by atoms with van der Waals surface area (Å²) in [5, 5.41) is 24.0. The van der Waals surface area contributed by atoms with Gasteiger partial charge >= 0.3 is 0 Å². The maximum Gasteiger partial charge on any atom is 0.283 e. The van der Waals surface area contributed by atoms with E-state index in [0.29, 0.717) is 35.6 Å². The number of aliphatic imine (C=N–C) groups is 1. The van der Waals surface area contributed by atoms with Gasteiger partial charge in [0.1, 0.15) is 5.01 Å². The van der Waals surface area contributed by atoms with Gasteiger partial charge in [0.2, 0.25) is 0 Å². The number of nitrogens with one attached hydrogen (secondary N) is 1. The lowest BCUT2D eigenvalue weighted by Gasteiger charge is -2.02. The molecule has 0 aliphatic carbocycles. The average Bonchev–Trinajstić information content (AvgIpc) is 3.29. The van der Waals surface area contributed by atoms with Crippen molar-refractivity contribution in [1.82, 2.24) is 15.5 Å². The highest BCUT2D eigenvalue weighted by atomic mass is 35.5. The molecule has 0 saturated carbocycles. The minimum atomic E-state index is -0.451. The quantitative estimate of drug-likeness (QED) is 0.288. The summed E-state index contributed by atoms with van der Waals surface area (Å²) in [6.07, 6.45) is 1.60. The highest BCUT2D eigenvalue weighted by molar-refractivity contribution is 8.18. The van der Waals surface area contributed by atoms with Crippen LogP contribution in [0.3, 0.4) is 0 Å². The molecule has 0 unspecified atom stereocenters. The maximum atomic E-state index is 12.3. The third-order valence-electron chi connectivity index (χ3n) is 3.89. The van der Waals surface area contributed by atoms with Crippen LogP contribution in [0.15, 0.2) is 61.6 Å². The van der Waals surface area contributed by atoms with Crippen molar-refractivity contribution in [3.63, 3.8) is 0 Å². The monoisotopic (exact) mass is 489 g/mol. The zero-order chi connectivity index (χ0) is 22.0. The molecular weight excluding hydrogens is 478 g/mol. The summed E-state index contributed by atoms with van der Waals surface area (Å²) in [6, 6.07) is 11.7. The van der Waals surface area contributed by atoms with E-state index in [2.05, 4.69) is 20.5 Å². The SMILES string of the molecule is Cc1nnc(Sc2ccc(/C=C3\SC(=Nc4ccc(Cl)cc4)NC3=O)cc2[N+](=O)[O-])s1. The van der Waals surface area contributed by atoms with E-state index in [1.165, 1.54) is 29.2 Å². The number of halogens is 1. The van der Waals surface area contributed by atoms with Crippen molar-refractivity contribution >= 4 is 75.0 Å². The van der Waals surface area contributed by atoms with Crippen LogP contribution in [0.2, 0.25) is 5.02 Å². The molecule has 1 fully saturated rings. The summed E-state index contributed by atoms with van der Waals surface area (Å²) in [5.74, 6) is -0.317. The summed E-state index contributed by atoms with van der Waals surface area (Å²) in [6.45, 7) is 1.82. The lowest BCUT2D eigenvalue weighted by Crippen LogP contribution is -2.19. The summed E-state index contributed by atoms with van der Waals surface area (Å²) in [4.78, 5) is 28.7. The van der Waals surface area contributed by atoms with Gasteiger partial charge in [-0.1, -0.05) is 40.8 Å². The number of rotatable bonds is 5. The second-order valence-electron chi connectivity index (χ2n) is 6.13. The predicted octanol–water partition coefficient (Wildman–Crippen LogP) is 5.45. The molecule has 1 amide bonds. The lowest BCUT2D eigenvalue weighted by molar-refractivity contribution is -0.387. The Morgan fingerprint density at radius 1 is 1.23 bits per heavy atom. The molecule has 0 bridgehead atoms. The Hall–Kier alpha value is -2.73. The molecule has 31 heavy (non-hydrogen) atoms. The Labute approximate surface area is 194 Å². The van der Waals surface area contributed by atoms with E-state index in [1.807, 2.05) is 6.92 Å². The van der Waals surface area contributed by atoms with E-state index in [1.54, 1.807) is 42.5 Å². The zero-order valence-corrected chi connectivity index (χ0v) is 18.9. The number of benzene rings is 2. The van der Waals surface area contributed by atoms with Crippen LogP contribution in [0.25, 0.3) is 6.08 Å². The van der Waals surface area contributed by atoms with Crippen LogP contribution < -0.4 is 5.32 Å². The molecule has 0 radical (unpaired) electrons. The number of nitrogens with zero attached hydrogens (tertiary/aromatic N) is 4. The minimum Gasteiger partial charge on any atom is -0.300 e. The number of nitro benzene ring substituents is 1. The molecule has 4 rings (SSSR count). The summed E-state index contributed by atoms with van der Waals surface area (Å²) in [5.41, 5.74) is 1.12. The first-order valence-electron chi connectivity index (χ1n) is 8.69. The molecule has 156 valence electrons. The van der Waals surface area contributed by atoms with Gasteiger partial charge in [0.05, 0.1) is 20.4 Å². The lowest BCUT2D eigenvalue weighted by atomic mass is 10.2.